The Morgan fingerprint density at radius 3 is 2.17 bits per heavy atom. The molecule has 1 N–H and O–H groups in total. The molecule has 0 spiro atoms. The zero-order valence-electron chi connectivity index (χ0n) is 9.69. The van der Waals surface area contributed by atoms with E-state index in [9.17, 15) is 26.7 Å². The van der Waals surface area contributed by atoms with Crippen molar-refractivity contribution < 1.29 is 31.5 Å². The van der Waals surface area contributed by atoms with Crippen molar-refractivity contribution in [2.75, 3.05) is 13.2 Å². The highest BCUT2D eigenvalue weighted by molar-refractivity contribution is 5.84. The second-order valence-electron chi connectivity index (χ2n) is 4.28. The number of ether oxygens (including phenoxy) is 1. The predicted molar refractivity (Wildman–Crippen MR) is 52.1 cm³/mol. The van der Waals surface area contributed by atoms with E-state index in [1.165, 1.54) is 6.92 Å². The van der Waals surface area contributed by atoms with Crippen molar-refractivity contribution in [3.8, 4) is 0 Å². The molecule has 8 heteroatoms. The van der Waals surface area contributed by atoms with E-state index in [2.05, 4.69) is 0 Å². The van der Waals surface area contributed by atoms with Gasteiger partial charge in [0.1, 0.15) is 0 Å². The van der Waals surface area contributed by atoms with Crippen LogP contribution >= 0.6 is 0 Å². The van der Waals surface area contributed by atoms with E-state index in [1.54, 1.807) is 5.32 Å². The van der Waals surface area contributed by atoms with Crippen LogP contribution < -0.4 is 5.32 Å². The summed E-state index contributed by atoms with van der Waals surface area (Å²) in [5.74, 6) is -7.80. The molecule has 1 unspecified atom stereocenters. The van der Waals surface area contributed by atoms with E-state index in [0.29, 0.717) is 26.1 Å². The van der Waals surface area contributed by atoms with E-state index >= 15 is 0 Å². The lowest BCUT2D eigenvalue weighted by molar-refractivity contribution is -0.270. The monoisotopic (exact) mass is 275 g/mol. The largest absolute Gasteiger partial charge is 0.463 e. The summed E-state index contributed by atoms with van der Waals surface area (Å²) in [7, 11) is 0. The molecular formula is C10H14F5NO2. The Labute approximate surface area is 101 Å². The van der Waals surface area contributed by atoms with Crippen LogP contribution in [0.4, 0.5) is 22.0 Å². The fourth-order valence-electron chi connectivity index (χ4n) is 1.76. The van der Waals surface area contributed by atoms with Gasteiger partial charge in [-0.25, -0.2) is 0 Å². The van der Waals surface area contributed by atoms with Gasteiger partial charge in [-0.2, -0.15) is 22.0 Å². The molecule has 0 aromatic heterocycles. The number of hydrogen-bond acceptors (Lipinski definition) is 2. The Kier molecular flexibility index (Phi) is 4.52. The van der Waals surface area contributed by atoms with Crippen molar-refractivity contribution in [3.05, 3.63) is 0 Å². The summed E-state index contributed by atoms with van der Waals surface area (Å²) in [6, 6.07) is -0.741. The Morgan fingerprint density at radius 1 is 1.22 bits per heavy atom. The molecule has 0 saturated carbocycles. The zero-order valence-corrected chi connectivity index (χ0v) is 9.69. The Morgan fingerprint density at radius 2 is 1.72 bits per heavy atom. The minimum atomic E-state index is -5.87. The summed E-state index contributed by atoms with van der Waals surface area (Å²) in [6.45, 7) is 2.25. The standard InChI is InChI=1S/C10H14F5NO2/c1-6(7-2-4-18-5-3-7)16-8(17)9(11,12)10(13,14)15/h6-7H,2-5H2,1H3,(H,16,17). The lowest BCUT2D eigenvalue weighted by Crippen LogP contribution is -2.54. The number of rotatable bonds is 3. The van der Waals surface area contributed by atoms with Crippen LogP contribution in [0, 0.1) is 5.92 Å². The summed E-state index contributed by atoms with van der Waals surface area (Å²) in [5, 5.41) is 1.73. The second kappa shape index (κ2) is 5.38. The van der Waals surface area contributed by atoms with Crippen molar-refractivity contribution in [2.24, 2.45) is 5.92 Å². The predicted octanol–water partition coefficient (Wildman–Crippen LogP) is 2.12. The first-order valence-electron chi connectivity index (χ1n) is 5.49. The molecule has 1 saturated heterocycles. The zero-order chi connectivity index (χ0) is 14.0. The third kappa shape index (κ3) is 3.30. The van der Waals surface area contributed by atoms with Gasteiger partial charge in [0.05, 0.1) is 0 Å². The van der Waals surface area contributed by atoms with Gasteiger partial charge >= 0.3 is 18.0 Å². The third-order valence-electron chi connectivity index (χ3n) is 2.97. The number of alkyl halides is 5. The Balaban J connectivity index is 2.58. The van der Waals surface area contributed by atoms with Gasteiger partial charge in [0.25, 0.3) is 0 Å². The highest BCUT2D eigenvalue weighted by Crippen LogP contribution is 2.35. The molecule has 106 valence electrons. The lowest BCUT2D eigenvalue weighted by atomic mass is 9.93. The van der Waals surface area contributed by atoms with E-state index in [4.69, 9.17) is 4.74 Å². The van der Waals surface area contributed by atoms with Gasteiger partial charge in [-0.05, 0) is 25.7 Å². The molecule has 1 atom stereocenters. The van der Waals surface area contributed by atoms with Gasteiger partial charge in [-0.1, -0.05) is 0 Å². The van der Waals surface area contributed by atoms with Gasteiger partial charge in [-0.3, -0.25) is 4.79 Å². The van der Waals surface area contributed by atoms with Crippen LogP contribution in [0.1, 0.15) is 19.8 Å². The molecule has 0 aromatic rings. The van der Waals surface area contributed by atoms with Crippen LogP contribution in [0.15, 0.2) is 0 Å². The number of amides is 1. The van der Waals surface area contributed by atoms with Crippen LogP contribution in [0.25, 0.3) is 0 Å². The van der Waals surface area contributed by atoms with Gasteiger partial charge in [0, 0.05) is 19.3 Å². The minimum Gasteiger partial charge on any atom is -0.381 e. The van der Waals surface area contributed by atoms with Crippen LogP contribution in [-0.4, -0.2) is 37.3 Å². The van der Waals surface area contributed by atoms with E-state index in [1.807, 2.05) is 0 Å². The smallest absolute Gasteiger partial charge is 0.381 e. The highest BCUT2D eigenvalue weighted by Gasteiger charge is 2.63. The average molecular weight is 275 g/mol. The summed E-state index contributed by atoms with van der Waals surface area (Å²) < 4.78 is 66.3. The Bertz CT molecular complexity index is 299. The maximum Gasteiger partial charge on any atom is 0.463 e. The SMILES string of the molecule is CC(NC(=O)C(F)(F)C(F)(F)F)C1CCOCC1. The maximum atomic E-state index is 12.7. The van der Waals surface area contributed by atoms with Crippen molar-refractivity contribution >= 4 is 5.91 Å². The first kappa shape index (κ1) is 15.1. The topological polar surface area (TPSA) is 38.3 Å². The van der Waals surface area contributed by atoms with Crippen molar-refractivity contribution in [2.45, 2.75) is 37.9 Å². The number of carbonyl (C=O) groups excluding carboxylic acids is 1. The summed E-state index contributed by atoms with van der Waals surface area (Å²) in [4.78, 5) is 11.0. The molecule has 0 aliphatic carbocycles. The maximum absolute atomic E-state index is 12.7. The molecule has 0 bridgehead atoms. The van der Waals surface area contributed by atoms with E-state index < -0.39 is 24.0 Å². The molecule has 1 aliphatic rings. The number of nitrogens with one attached hydrogen (secondary N) is 1. The molecule has 1 fully saturated rings. The quantitative estimate of drug-likeness (QED) is 0.801. The Hall–Kier alpha value is -0.920. The molecule has 0 radical (unpaired) electrons. The molecule has 1 amide bonds. The van der Waals surface area contributed by atoms with Crippen LogP contribution in [0.2, 0.25) is 0 Å². The molecule has 3 nitrogen and oxygen atoms in total. The van der Waals surface area contributed by atoms with E-state index in [0.717, 1.165) is 0 Å². The van der Waals surface area contributed by atoms with E-state index in [-0.39, 0.29) is 5.92 Å². The number of carbonyl (C=O) groups is 1. The molecule has 0 aromatic carbocycles. The van der Waals surface area contributed by atoms with Gasteiger partial charge in [0.2, 0.25) is 0 Å². The lowest BCUT2D eigenvalue weighted by Gasteiger charge is -2.29. The molecule has 18 heavy (non-hydrogen) atoms. The number of hydrogen-bond donors (Lipinski definition) is 1. The van der Waals surface area contributed by atoms with Crippen molar-refractivity contribution in [1.29, 1.82) is 0 Å². The summed E-state index contributed by atoms with van der Waals surface area (Å²) in [5.41, 5.74) is 0. The van der Waals surface area contributed by atoms with Gasteiger partial charge < -0.3 is 10.1 Å². The molecule has 1 rings (SSSR count). The highest BCUT2D eigenvalue weighted by atomic mass is 19.4. The van der Waals surface area contributed by atoms with Crippen molar-refractivity contribution in [1.82, 2.24) is 5.32 Å². The van der Waals surface area contributed by atoms with Gasteiger partial charge in [-0.15, -0.1) is 0 Å². The third-order valence-corrected chi connectivity index (χ3v) is 2.97. The fraction of sp³-hybridized carbons (Fsp3) is 0.900. The average Bonchev–Trinajstić information content (AvgIpc) is 2.28. The normalized spacial score (nSPS) is 20.6. The summed E-state index contributed by atoms with van der Waals surface area (Å²) in [6.07, 6.45) is -4.81. The first-order valence-corrected chi connectivity index (χ1v) is 5.49. The number of halogens is 5. The first-order chi connectivity index (χ1) is 8.16. The van der Waals surface area contributed by atoms with Crippen LogP contribution in [0.5, 0.6) is 0 Å². The van der Waals surface area contributed by atoms with Crippen LogP contribution in [0.3, 0.4) is 0 Å². The van der Waals surface area contributed by atoms with Gasteiger partial charge in [0.15, 0.2) is 0 Å². The summed E-state index contributed by atoms with van der Waals surface area (Å²) >= 11 is 0. The molecular weight excluding hydrogens is 261 g/mol. The van der Waals surface area contributed by atoms with Crippen LogP contribution in [-0.2, 0) is 9.53 Å². The minimum absolute atomic E-state index is 0.147. The second-order valence-corrected chi connectivity index (χ2v) is 4.28. The van der Waals surface area contributed by atoms with Crippen molar-refractivity contribution in [3.63, 3.8) is 0 Å². The molecule has 1 aliphatic heterocycles. The fourth-order valence-corrected chi connectivity index (χ4v) is 1.76. The molecule has 1 heterocycles.